The van der Waals surface area contributed by atoms with Crippen LogP contribution in [0.15, 0.2) is 24.3 Å². The molecule has 0 aliphatic heterocycles. The SMILES string of the molecule is CC(C)NC(=O)c1cccc(CCl)c1. The van der Waals surface area contributed by atoms with E-state index in [9.17, 15) is 4.79 Å². The van der Waals surface area contributed by atoms with E-state index in [1.165, 1.54) is 0 Å². The van der Waals surface area contributed by atoms with Crippen LogP contribution in [0.25, 0.3) is 0 Å². The van der Waals surface area contributed by atoms with E-state index >= 15 is 0 Å². The molecule has 3 heteroatoms. The van der Waals surface area contributed by atoms with Gasteiger partial charge in [-0.25, -0.2) is 0 Å². The first-order chi connectivity index (χ1) is 6.63. The van der Waals surface area contributed by atoms with Gasteiger partial charge in [-0.15, -0.1) is 11.6 Å². The van der Waals surface area contributed by atoms with Gasteiger partial charge in [0.2, 0.25) is 0 Å². The summed E-state index contributed by atoms with van der Waals surface area (Å²) in [6.45, 7) is 3.87. The summed E-state index contributed by atoms with van der Waals surface area (Å²) in [5.74, 6) is 0.384. The van der Waals surface area contributed by atoms with Crippen molar-refractivity contribution in [2.24, 2.45) is 0 Å². The molecular weight excluding hydrogens is 198 g/mol. The molecule has 14 heavy (non-hydrogen) atoms. The molecule has 76 valence electrons. The normalized spacial score (nSPS) is 10.3. The number of amides is 1. The van der Waals surface area contributed by atoms with Crippen molar-refractivity contribution in [3.8, 4) is 0 Å². The van der Waals surface area contributed by atoms with Gasteiger partial charge in [-0.3, -0.25) is 4.79 Å². The van der Waals surface area contributed by atoms with Gasteiger partial charge in [0.15, 0.2) is 0 Å². The number of halogens is 1. The van der Waals surface area contributed by atoms with Gasteiger partial charge in [0.1, 0.15) is 0 Å². The minimum atomic E-state index is -0.0491. The van der Waals surface area contributed by atoms with Crippen molar-refractivity contribution in [2.45, 2.75) is 25.8 Å². The fraction of sp³-hybridized carbons (Fsp3) is 0.364. The van der Waals surface area contributed by atoms with Crippen molar-refractivity contribution < 1.29 is 4.79 Å². The van der Waals surface area contributed by atoms with E-state index in [0.29, 0.717) is 11.4 Å². The third kappa shape index (κ3) is 3.04. The minimum absolute atomic E-state index is 0.0491. The topological polar surface area (TPSA) is 29.1 Å². The van der Waals surface area contributed by atoms with Crippen molar-refractivity contribution in [2.75, 3.05) is 0 Å². The highest BCUT2D eigenvalue weighted by Crippen LogP contribution is 2.07. The lowest BCUT2D eigenvalue weighted by atomic mass is 10.1. The van der Waals surface area contributed by atoms with E-state index in [-0.39, 0.29) is 11.9 Å². The largest absolute Gasteiger partial charge is 0.350 e. The first-order valence-electron chi connectivity index (χ1n) is 4.59. The van der Waals surface area contributed by atoms with Crippen LogP contribution >= 0.6 is 11.6 Å². The summed E-state index contributed by atoms with van der Waals surface area (Å²) in [4.78, 5) is 11.6. The zero-order chi connectivity index (χ0) is 10.6. The monoisotopic (exact) mass is 211 g/mol. The molecule has 1 aromatic rings. The Balaban J connectivity index is 2.79. The Morgan fingerprint density at radius 1 is 1.50 bits per heavy atom. The molecule has 0 spiro atoms. The van der Waals surface area contributed by atoms with Gasteiger partial charge < -0.3 is 5.32 Å². The summed E-state index contributed by atoms with van der Waals surface area (Å²) >= 11 is 5.68. The highest BCUT2D eigenvalue weighted by Gasteiger charge is 2.06. The zero-order valence-corrected chi connectivity index (χ0v) is 9.14. The van der Waals surface area contributed by atoms with E-state index in [4.69, 9.17) is 11.6 Å². The summed E-state index contributed by atoms with van der Waals surface area (Å²) in [7, 11) is 0. The fourth-order valence-corrected chi connectivity index (χ4v) is 1.31. The van der Waals surface area contributed by atoms with E-state index in [2.05, 4.69) is 5.32 Å². The summed E-state index contributed by atoms with van der Waals surface area (Å²) in [6, 6.07) is 7.49. The standard InChI is InChI=1S/C11H14ClNO/c1-8(2)13-11(14)10-5-3-4-9(6-10)7-12/h3-6,8H,7H2,1-2H3,(H,13,14). The van der Waals surface area contributed by atoms with Crippen molar-refractivity contribution in [3.05, 3.63) is 35.4 Å². The molecule has 2 nitrogen and oxygen atoms in total. The number of hydrogen-bond donors (Lipinski definition) is 1. The Kier molecular flexibility index (Phi) is 3.96. The van der Waals surface area contributed by atoms with Crippen LogP contribution in [0.2, 0.25) is 0 Å². The molecule has 1 N–H and O–H groups in total. The summed E-state index contributed by atoms with van der Waals surface area (Å²) in [6.07, 6.45) is 0. The van der Waals surface area contributed by atoms with E-state index in [1.54, 1.807) is 6.07 Å². The molecule has 0 bridgehead atoms. The lowest BCUT2D eigenvalue weighted by Gasteiger charge is -2.08. The van der Waals surface area contributed by atoms with E-state index in [1.807, 2.05) is 32.0 Å². The second kappa shape index (κ2) is 5.01. The highest BCUT2D eigenvalue weighted by atomic mass is 35.5. The number of benzene rings is 1. The van der Waals surface area contributed by atoms with E-state index < -0.39 is 0 Å². The van der Waals surface area contributed by atoms with E-state index in [0.717, 1.165) is 5.56 Å². The van der Waals surface area contributed by atoms with Crippen molar-refractivity contribution in [3.63, 3.8) is 0 Å². The molecule has 0 heterocycles. The van der Waals surface area contributed by atoms with Crippen molar-refractivity contribution in [1.29, 1.82) is 0 Å². The number of carbonyl (C=O) groups is 1. The van der Waals surface area contributed by atoms with Gasteiger partial charge >= 0.3 is 0 Å². The average Bonchev–Trinajstić information content (AvgIpc) is 2.17. The van der Waals surface area contributed by atoms with Crippen LogP contribution in [0.1, 0.15) is 29.8 Å². The molecule has 0 aromatic heterocycles. The third-order valence-electron chi connectivity index (χ3n) is 1.76. The fourth-order valence-electron chi connectivity index (χ4n) is 1.14. The van der Waals surface area contributed by atoms with Gasteiger partial charge in [-0.05, 0) is 31.5 Å². The second-order valence-corrected chi connectivity index (χ2v) is 3.73. The first-order valence-corrected chi connectivity index (χ1v) is 5.12. The smallest absolute Gasteiger partial charge is 0.251 e. The molecule has 0 atom stereocenters. The molecule has 0 aliphatic carbocycles. The molecule has 0 radical (unpaired) electrons. The molecule has 0 unspecified atom stereocenters. The molecule has 0 saturated carbocycles. The van der Waals surface area contributed by atoms with Crippen LogP contribution in [-0.4, -0.2) is 11.9 Å². The molecule has 0 aliphatic rings. The Morgan fingerprint density at radius 3 is 2.79 bits per heavy atom. The Morgan fingerprint density at radius 2 is 2.21 bits per heavy atom. The van der Waals surface area contributed by atoms with Gasteiger partial charge in [-0.2, -0.15) is 0 Å². The van der Waals surface area contributed by atoms with Gasteiger partial charge in [0.05, 0.1) is 0 Å². The summed E-state index contributed by atoms with van der Waals surface area (Å²) in [5.41, 5.74) is 1.62. The first kappa shape index (κ1) is 11.1. The molecular formula is C11H14ClNO. The highest BCUT2D eigenvalue weighted by molar-refractivity contribution is 6.17. The van der Waals surface area contributed by atoms with Crippen LogP contribution in [-0.2, 0) is 5.88 Å². The number of rotatable bonds is 3. The van der Waals surface area contributed by atoms with Crippen LogP contribution in [0.4, 0.5) is 0 Å². The Hall–Kier alpha value is -1.02. The van der Waals surface area contributed by atoms with Crippen LogP contribution < -0.4 is 5.32 Å². The van der Waals surface area contributed by atoms with Gasteiger partial charge in [-0.1, -0.05) is 12.1 Å². The van der Waals surface area contributed by atoms with Crippen molar-refractivity contribution in [1.82, 2.24) is 5.32 Å². The molecule has 1 amide bonds. The maximum atomic E-state index is 11.6. The van der Waals surface area contributed by atoms with Crippen molar-refractivity contribution >= 4 is 17.5 Å². The summed E-state index contributed by atoms with van der Waals surface area (Å²) < 4.78 is 0. The predicted molar refractivity (Wildman–Crippen MR) is 58.6 cm³/mol. The van der Waals surface area contributed by atoms with Crippen LogP contribution in [0.3, 0.4) is 0 Å². The molecule has 1 rings (SSSR count). The van der Waals surface area contributed by atoms with Gasteiger partial charge in [0.25, 0.3) is 5.91 Å². The molecule has 1 aromatic carbocycles. The third-order valence-corrected chi connectivity index (χ3v) is 2.07. The van der Waals surface area contributed by atoms with Gasteiger partial charge in [0, 0.05) is 17.5 Å². The maximum absolute atomic E-state index is 11.6. The Bertz CT molecular complexity index is 323. The molecule has 0 fully saturated rings. The lowest BCUT2D eigenvalue weighted by Crippen LogP contribution is -2.30. The maximum Gasteiger partial charge on any atom is 0.251 e. The number of carbonyl (C=O) groups excluding carboxylic acids is 1. The average molecular weight is 212 g/mol. The predicted octanol–water partition coefficient (Wildman–Crippen LogP) is 2.56. The van der Waals surface area contributed by atoms with Crippen LogP contribution in [0.5, 0.6) is 0 Å². The van der Waals surface area contributed by atoms with Crippen LogP contribution in [0, 0.1) is 0 Å². The second-order valence-electron chi connectivity index (χ2n) is 3.46. The minimum Gasteiger partial charge on any atom is -0.350 e. The quantitative estimate of drug-likeness (QED) is 0.765. The molecule has 0 saturated heterocycles. The summed E-state index contributed by atoms with van der Waals surface area (Å²) in [5, 5.41) is 2.83. The lowest BCUT2D eigenvalue weighted by molar-refractivity contribution is 0.0943. The number of hydrogen-bond acceptors (Lipinski definition) is 1. The number of alkyl halides is 1. The number of nitrogens with one attached hydrogen (secondary N) is 1. The zero-order valence-electron chi connectivity index (χ0n) is 8.38. The Labute approximate surface area is 89.3 Å².